The molecule has 1 rings (SSSR count). The van der Waals surface area contributed by atoms with Crippen LogP contribution in [0.5, 0.6) is 0 Å². The molecule has 3 heteroatoms. The van der Waals surface area contributed by atoms with Crippen LogP contribution in [0.4, 0.5) is 0 Å². The molecule has 1 aromatic rings. The molecular formula is C13H16O3. The van der Waals surface area contributed by atoms with E-state index >= 15 is 0 Å². The summed E-state index contributed by atoms with van der Waals surface area (Å²) in [6.45, 7) is 4.06. The van der Waals surface area contributed by atoms with Crippen molar-refractivity contribution >= 4 is 5.97 Å². The zero-order chi connectivity index (χ0) is 11.8. The van der Waals surface area contributed by atoms with Crippen LogP contribution in [-0.2, 0) is 14.3 Å². The number of rotatable bonds is 5. The number of carbonyl (C=O) groups is 1. The Labute approximate surface area is 95.7 Å². The molecule has 1 atom stereocenters. The lowest BCUT2D eigenvalue weighted by atomic mass is 10.1. The predicted molar refractivity (Wildman–Crippen MR) is 61.7 cm³/mol. The predicted octanol–water partition coefficient (Wildman–Crippen LogP) is 2.84. The molecule has 1 aromatic carbocycles. The summed E-state index contributed by atoms with van der Waals surface area (Å²) in [6, 6.07) is 9.80. The van der Waals surface area contributed by atoms with Crippen LogP contribution in [-0.4, -0.2) is 12.6 Å². The molecule has 86 valence electrons. The second kappa shape index (κ2) is 6.67. The molecule has 0 saturated carbocycles. The summed E-state index contributed by atoms with van der Waals surface area (Å²) < 4.78 is 10.1. The van der Waals surface area contributed by atoms with E-state index < -0.39 is 0 Å². The zero-order valence-electron chi connectivity index (χ0n) is 9.55. The van der Waals surface area contributed by atoms with Gasteiger partial charge in [-0.1, -0.05) is 30.3 Å². The van der Waals surface area contributed by atoms with E-state index in [1.807, 2.05) is 37.3 Å². The minimum Gasteiger partial charge on any atom is -0.493 e. The second-order valence-corrected chi connectivity index (χ2v) is 3.24. The van der Waals surface area contributed by atoms with Crippen molar-refractivity contribution in [3.63, 3.8) is 0 Å². The number of carbonyl (C=O) groups excluding carboxylic acids is 1. The van der Waals surface area contributed by atoms with Gasteiger partial charge in [0, 0.05) is 0 Å². The van der Waals surface area contributed by atoms with Gasteiger partial charge in [0.2, 0.25) is 0 Å². The Balaban J connectivity index is 2.41. The average molecular weight is 220 g/mol. The molecule has 0 amide bonds. The minimum atomic E-state index is -0.386. The van der Waals surface area contributed by atoms with Crippen LogP contribution in [0.3, 0.4) is 0 Å². The first kappa shape index (κ1) is 12.3. The van der Waals surface area contributed by atoms with Crippen molar-refractivity contribution in [2.75, 3.05) is 6.61 Å². The maximum atomic E-state index is 11.0. The van der Waals surface area contributed by atoms with Crippen molar-refractivity contribution in [2.24, 2.45) is 0 Å². The first-order valence-corrected chi connectivity index (χ1v) is 5.27. The molecule has 16 heavy (non-hydrogen) atoms. The van der Waals surface area contributed by atoms with E-state index in [2.05, 4.69) is 0 Å². The molecule has 0 aromatic heterocycles. The van der Waals surface area contributed by atoms with E-state index in [1.54, 1.807) is 6.92 Å². The third-order valence-corrected chi connectivity index (χ3v) is 2.04. The summed E-state index contributed by atoms with van der Waals surface area (Å²) in [5, 5.41) is 0. The zero-order valence-corrected chi connectivity index (χ0v) is 9.55. The van der Waals surface area contributed by atoms with Crippen molar-refractivity contribution in [2.45, 2.75) is 20.0 Å². The summed E-state index contributed by atoms with van der Waals surface area (Å²) in [5.74, 6) is -0.386. The highest BCUT2D eigenvalue weighted by Crippen LogP contribution is 2.15. The lowest BCUT2D eigenvalue weighted by Gasteiger charge is -2.10. The molecule has 0 radical (unpaired) electrons. The summed E-state index contributed by atoms with van der Waals surface area (Å²) in [4.78, 5) is 11.0. The van der Waals surface area contributed by atoms with Crippen LogP contribution in [0, 0.1) is 0 Å². The maximum Gasteiger partial charge on any atom is 0.333 e. The van der Waals surface area contributed by atoms with E-state index in [4.69, 9.17) is 9.47 Å². The Morgan fingerprint density at radius 2 is 2.06 bits per heavy atom. The number of hydrogen-bond donors (Lipinski definition) is 0. The van der Waals surface area contributed by atoms with Crippen molar-refractivity contribution in [3.05, 3.63) is 48.2 Å². The highest BCUT2D eigenvalue weighted by atomic mass is 16.5. The fraction of sp³-hybridized carbons (Fsp3) is 0.308. The lowest BCUT2D eigenvalue weighted by Crippen LogP contribution is -2.00. The quantitative estimate of drug-likeness (QED) is 0.435. The third-order valence-electron chi connectivity index (χ3n) is 2.04. The molecule has 0 bridgehead atoms. The van der Waals surface area contributed by atoms with E-state index in [1.165, 1.54) is 12.3 Å². The van der Waals surface area contributed by atoms with Crippen molar-refractivity contribution in [1.29, 1.82) is 0 Å². The lowest BCUT2D eigenvalue weighted by molar-refractivity contribution is -0.137. The molecule has 0 N–H and O–H groups in total. The van der Waals surface area contributed by atoms with Gasteiger partial charge in [-0.15, -0.1) is 0 Å². The summed E-state index contributed by atoms with van der Waals surface area (Å²) in [6.07, 6.45) is 2.57. The summed E-state index contributed by atoms with van der Waals surface area (Å²) in [5.41, 5.74) is 1.07. The summed E-state index contributed by atoms with van der Waals surface area (Å²) in [7, 11) is 0. The highest BCUT2D eigenvalue weighted by molar-refractivity contribution is 5.81. The Kier molecular flexibility index (Phi) is 5.12. The van der Waals surface area contributed by atoms with Gasteiger partial charge in [0.15, 0.2) is 0 Å². The maximum absolute atomic E-state index is 11.0. The van der Waals surface area contributed by atoms with Gasteiger partial charge in [0.25, 0.3) is 0 Å². The topological polar surface area (TPSA) is 35.5 Å². The highest BCUT2D eigenvalue weighted by Gasteiger charge is 2.02. The number of ether oxygens (including phenoxy) is 2. The van der Waals surface area contributed by atoms with Gasteiger partial charge in [-0.3, -0.25) is 0 Å². The van der Waals surface area contributed by atoms with Crippen molar-refractivity contribution in [3.8, 4) is 0 Å². The Bertz CT molecular complexity index is 343. The number of esters is 1. The molecule has 0 saturated heterocycles. The van der Waals surface area contributed by atoms with Crippen LogP contribution >= 0.6 is 0 Å². The molecule has 0 fully saturated rings. The first-order valence-electron chi connectivity index (χ1n) is 5.27. The molecular weight excluding hydrogens is 204 g/mol. The van der Waals surface area contributed by atoms with Gasteiger partial charge in [-0.2, -0.15) is 0 Å². The fourth-order valence-corrected chi connectivity index (χ4v) is 1.21. The normalized spacial score (nSPS) is 12.4. The van der Waals surface area contributed by atoms with Gasteiger partial charge in [-0.05, 0) is 19.4 Å². The molecule has 0 heterocycles. The van der Waals surface area contributed by atoms with E-state index in [9.17, 15) is 4.79 Å². The summed E-state index contributed by atoms with van der Waals surface area (Å²) >= 11 is 0. The first-order chi connectivity index (χ1) is 7.74. The van der Waals surface area contributed by atoms with Crippen molar-refractivity contribution in [1.82, 2.24) is 0 Å². The monoisotopic (exact) mass is 220 g/mol. The van der Waals surface area contributed by atoms with E-state index in [-0.39, 0.29) is 12.1 Å². The fourth-order valence-electron chi connectivity index (χ4n) is 1.21. The minimum absolute atomic E-state index is 0.0770. The molecule has 3 nitrogen and oxygen atoms in total. The SMILES string of the molecule is CCOC(=O)/C=C/OC(C)c1ccccc1. The molecule has 1 unspecified atom stereocenters. The average Bonchev–Trinajstić information content (AvgIpc) is 2.30. The molecule has 0 aliphatic rings. The van der Waals surface area contributed by atoms with Gasteiger partial charge in [0.05, 0.1) is 18.9 Å². The van der Waals surface area contributed by atoms with E-state index in [0.717, 1.165) is 5.56 Å². The van der Waals surface area contributed by atoms with Crippen LogP contribution in [0.15, 0.2) is 42.7 Å². The smallest absolute Gasteiger partial charge is 0.333 e. The molecule has 0 aliphatic heterocycles. The molecule has 0 spiro atoms. The van der Waals surface area contributed by atoms with Crippen LogP contribution in [0.1, 0.15) is 25.5 Å². The van der Waals surface area contributed by atoms with Crippen LogP contribution < -0.4 is 0 Å². The van der Waals surface area contributed by atoms with Gasteiger partial charge in [0.1, 0.15) is 6.10 Å². The second-order valence-electron chi connectivity index (χ2n) is 3.24. The van der Waals surface area contributed by atoms with Gasteiger partial charge >= 0.3 is 5.97 Å². The van der Waals surface area contributed by atoms with E-state index in [0.29, 0.717) is 6.61 Å². The third kappa shape index (κ3) is 4.17. The number of benzene rings is 1. The Hall–Kier alpha value is -1.77. The largest absolute Gasteiger partial charge is 0.493 e. The standard InChI is InChI=1S/C13H16O3/c1-3-15-13(14)9-10-16-11(2)12-7-5-4-6-8-12/h4-11H,3H2,1-2H3/b10-9+. The van der Waals surface area contributed by atoms with Crippen LogP contribution in [0.2, 0.25) is 0 Å². The van der Waals surface area contributed by atoms with Crippen molar-refractivity contribution < 1.29 is 14.3 Å². The van der Waals surface area contributed by atoms with Gasteiger partial charge in [-0.25, -0.2) is 4.79 Å². The van der Waals surface area contributed by atoms with Crippen LogP contribution in [0.25, 0.3) is 0 Å². The Morgan fingerprint density at radius 1 is 1.38 bits per heavy atom. The Morgan fingerprint density at radius 3 is 2.69 bits per heavy atom. The van der Waals surface area contributed by atoms with Gasteiger partial charge < -0.3 is 9.47 Å². The molecule has 0 aliphatic carbocycles. The number of hydrogen-bond acceptors (Lipinski definition) is 3.